The lowest BCUT2D eigenvalue weighted by molar-refractivity contribution is 0.0723. The number of carbonyl (C=O) groups excluding carboxylic acids is 1. The number of hydrogen-bond donors (Lipinski definition) is 1. The first-order valence-electron chi connectivity index (χ1n) is 6.96. The number of halogens is 2. The maximum absolute atomic E-state index is 12.5. The maximum Gasteiger partial charge on any atom is 0.293 e. The van der Waals surface area contributed by atoms with Crippen LogP contribution in [0.4, 0.5) is 0 Å². The number of aromatic nitrogens is 3. The number of nitrogens with one attached hydrogen (secondary N) is 1. The van der Waals surface area contributed by atoms with Crippen LogP contribution in [0.5, 0.6) is 0 Å². The number of amides is 1. The zero-order valence-corrected chi connectivity index (χ0v) is 13.5. The van der Waals surface area contributed by atoms with E-state index in [4.69, 9.17) is 23.2 Å². The Kier molecular flexibility index (Phi) is 4.33. The Bertz CT molecular complexity index is 689. The van der Waals surface area contributed by atoms with E-state index in [9.17, 15) is 4.79 Å². The molecule has 8 heteroatoms. The van der Waals surface area contributed by atoms with Crippen molar-refractivity contribution >= 4 is 29.1 Å². The topological polar surface area (TPSA) is 63.1 Å². The van der Waals surface area contributed by atoms with Gasteiger partial charge in [-0.25, -0.2) is 9.67 Å². The normalized spacial score (nSPS) is 15.1. The van der Waals surface area contributed by atoms with Crippen molar-refractivity contribution in [2.24, 2.45) is 0 Å². The van der Waals surface area contributed by atoms with E-state index >= 15 is 0 Å². The molecule has 1 aromatic carbocycles. The Morgan fingerprint density at radius 3 is 2.50 bits per heavy atom. The SMILES string of the molecule is Cc1nc(C(=O)N2CCNCC2)nn1-c1c(Cl)cccc1Cl. The molecule has 3 rings (SSSR count). The molecule has 2 heterocycles. The van der Waals surface area contributed by atoms with Crippen LogP contribution in [0.25, 0.3) is 5.69 Å². The van der Waals surface area contributed by atoms with E-state index < -0.39 is 0 Å². The molecular weight excluding hydrogens is 325 g/mol. The molecule has 0 bridgehead atoms. The van der Waals surface area contributed by atoms with Crippen LogP contribution in [-0.2, 0) is 0 Å². The van der Waals surface area contributed by atoms with Crippen LogP contribution in [0.3, 0.4) is 0 Å². The number of hydrogen-bond acceptors (Lipinski definition) is 4. The number of carbonyl (C=O) groups is 1. The minimum Gasteiger partial charge on any atom is -0.333 e. The summed E-state index contributed by atoms with van der Waals surface area (Å²) in [5, 5.41) is 8.43. The van der Waals surface area contributed by atoms with Gasteiger partial charge in [0.15, 0.2) is 0 Å². The fraction of sp³-hybridized carbons (Fsp3) is 0.357. The molecule has 0 radical (unpaired) electrons. The molecule has 1 amide bonds. The van der Waals surface area contributed by atoms with Crippen molar-refractivity contribution in [2.75, 3.05) is 26.2 Å². The lowest BCUT2D eigenvalue weighted by Gasteiger charge is -2.26. The van der Waals surface area contributed by atoms with E-state index in [1.165, 1.54) is 4.68 Å². The maximum atomic E-state index is 12.5. The first kappa shape index (κ1) is 15.3. The van der Waals surface area contributed by atoms with Gasteiger partial charge in [-0.2, -0.15) is 0 Å². The minimum absolute atomic E-state index is 0.162. The van der Waals surface area contributed by atoms with E-state index in [1.54, 1.807) is 30.0 Å². The third kappa shape index (κ3) is 2.82. The van der Waals surface area contributed by atoms with Crippen molar-refractivity contribution in [2.45, 2.75) is 6.92 Å². The fourth-order valence-corrected chi connectivity index (χ4v) is 2.95. The Balaban J connectivity index is 1.95. The predicted molar refractivity (Wildman–Crippen MR) is 84.9 cm³/mol. The largest absolute Gasteiger partial charge is 0.333 e. The monoisotopic (exact) mass is 339 g/mol. The summed E-state index contributed by atoms with van der Waals surface area (Å²) in [4.78, 5) is 18.5. The van der Waals surface area contributed by atoms with E-state index in [1.807, 2.05) is 0 Å². The number of aryl methyl sites for hydroxylation is 1. The molecule has 0 unspecified atom stereocenters. The molecule has 0 saturated carbocycles. The van der Waals surface area contributed by atoms with E-state index in [0.29, 0.717) is 34.6 Å². The van der Waals surface area contributed by atoms with Gasteiger partial charge in [0.05, 0.1) is 10.0 Å². The van der Waals surface area contributed by atoms with E-state index in [-0.39, 0.29) is 11.7 Å². The zero-order valence-electron chi connectivity index (χ0n) is 12.0. The molecule has 1 saturated heterocycles. The summed E-state index contributed by atoms with van der Waals surface area (Å²) >= 11 is 12.4. The van der Waals surface area contributed by atoms with Gasteiger partial charge in [-0.15, -0.1) is 5.10 Å². The van der Waals surface area contributed by atoms with Crippen LogP contribution in [0, 0.1) is 6.92 Å². The number of rotatable bonds is 2. The second-order valence-corrected chi connectivity index (χ2v) is 5.82. The molecule has 116 valence electrons. The van der Waals surface area contributed by atoms with Gasteiger partial charge in [-0.05, 0) is 19.1 Å². The molecule has 1 aliphatic rings. The Morgan fingerprint density at radius 1 is 1.23 bits per heavy atom. The molecule has 1 N–H and O–H groups in total. The highest BCUT2D eigenvalue weighted by atomic mass is 35.5. The molecule has 1 aliphatic heterocycles. The van der Waals surface area contributed by atoms with Crippen LogP contribution < -0.4 is 5.32 Å². The van der Waals surface area contributed by atoms with Crippen molar-refractivity contribution < 1.29 is 4.79 Å². The molecule has 0 atom stereocenters. The van der Waals surface area contributed by atoms with Crippen molar-refractivity contribution in [3.63, 3.8) is 0 Å². The fourth-order valence-electron chi connectivity index (χ4n) is 2.39. The average molecular weight is 340 g/mol. The van der Waals surface area contributed by atoms with Gasteiger partial charge in [0.25, 0.3) is 5.91 Å². The number of nitrogens with zero attached hydrogens (tertiary/aromatic N) is 4. The summed E-state index contributed by atoms with van der Waals surface area (Å²) in [6.07, 6.45) is 0. The molecule has 0 spiro atoms. The van der Waals surface area contributed by atoms with Crippen molar-refractivity contribution in [1.82, 2.24) is 25.0 Å². The molecule has 1 aromatic heterocycles. The molecule has 2 aromatic rings. The van der Waals surface area contributed by atoms with Gasteiger partial charge in [0, 0.05) is 26.2 Å². The quantitative estimate of drug-likeness (QED) is 0.907. The molecule has 0 aliphatic carbocycles. The van der Waals surface area contributed by atoms with Gasteiger partial charge in [-0.3, -0.25) is 4.79 Å². The summed E-state index contributed by atoms with van der Waals surface area (Å²) in [7, 11) is 0. The van der Waals surface area contributed by atoms with Gasteiger partial charge in [-0.1, -0.05) is 29.3 Å². The number of piperazine rings is 1. The van der Waals surface area contributed by atoms with Crippen molar-refractivity contribution in [1.29, 1.82) is 0 Å². The minimum atomic E-state index is -0.175. The Morgan fingerprint density at radius 2 is 1.86 bits per heavy atom. The summed E-state index contributed by atoms with van der Waals surface area (Å²) in [5.41, 5.74) is 0.537. The lowest BCUT2D eigenvalue weighted by Crippen LogP contribution is -2.46. The number of benzene rings is 1. The van der Waals surface area contributed by atoms with Crippen LogP contribution in [-0.4, -0.2) is 51.8 Å². The second-order valence-electron chi connectivity index (χ2n) is 5.01. The first-order valence-corrected chi connectivity index (χ1v) is 7.71. The third-order valence-corrected chi connectivity index (χ3v) is 4.12. The first-order chi connectivity index (χ1) is 10.6. The van der Waals surface area contributed by atoms with Crippen LogP contribution in [0.15, 0.2) is 18.2 Å². The Hall–Kier alpha value is -1.63. The lowest BCUT2D eigenvalue weighted by atomic mass is 10.3. The average Bonchev–Trinajstić information content (AvgIpc) is 2.89. The highest BCUT2D eigenvalue weighted by Gasteiger charge is 2.24. The van der Waals surface area contributed by atoms with Gasteiger partial charge < -0.3 is 10.2 Å². The summed E-state index contributed by atoms with van der Waals surface area (Å²) in [6.45, 7) is 4.63. The summed E-state index contributed by atoms with van der Waals surface area (Å²) in [6, 6.07) is 5.20. The van der Waals surface area contributed by atoms with Crippen LogP contribution in [0.2, 0.25) is 10.0 Å². The van der Waals surface area contributed by atoms with Crippen molar-refractivity contribution in [3.05, 3.63) is 39.9 Å². The van der Waals surface area contributed by atoms with Crippen LogP contribution >= 0.6 is 23.2 Å². The number of para-hydroxylation sites is 1. The Labute approximate surface area is 138 Å². The van der Waals surface area contributed by atoms with E-state index in [0.717, 1.165) is 13.1 Å². The highest BCUT2D eigenvalue weighted by Crippen LogP contribution is 2.28. The van der Waals surface area contributed by atoms with Crippen LogP contribution in [0.1, 0.15) is 16.4 Å². The molecule has 22 heavy (non-hydrogen) atoms. The van der Waals surface area contributed by atoms with E-state index in [2.05, 4.69) is 15.4 Å². The second kappa shape index (κ2) is 6.24. The van der Waals surface area contributed by atoms with Gasteiger partial charge >= 0.3 is 0 Å². The van der Waals surface area contributed by atoms with Gasteiger partial charge in [0.2, 0.25) is 5.82 Å². The third-order valence-electron chi connectivity index (χ3n) is 3.51. The van der Waals surface area contributed by atoms with Gasteiger partial charge in [0.1, 0.15) is 11.5 Å². The molecular formula is C14H15Cl2N5O. The van der Waals surface area contributed by atoms with Crippen molar-refractivity contribution in [3.8, 4) is 5.69 Å². The standard InChI is InChI=1S/C14H15Cl2N5O/c1-9-18-13(14(22)20-7-5-17-6-8-20)19-21(9)12-10(15)3-2-4-11(12)16/h2-4,17H,5-8H2,1H3. The molecule has 6 nitrogen and oxygen atoms in total. The zero-order chi connectivity index (χ0) is 15.7. The predicted octanol–water partition coefficient (Wildman–Crippen LogP) is 1.93. The molecule has 1 fully saturated rings. The summed E-state index contributed by atoms with van der Waals surface area (Å²) in [5.74, 6) is 0.551. The highest BCUT2D eigenvalue weighted by molar-refractivity contribution is 6.37. The smallest absolute Gasteiger partial charge is 0.293 e. The summed E-state index contributed by atoms with van der Waals surface area (Å²) < 4.78 is 1.51.